The summed E-state index contributed by atoms with van der Waals surface area (Å²) in [4.78, 5) is 14.5. The van der Waals surface area contributed by atoms with Crippen LogP contribution in [0.4, 0.5) is 0 Å². The molecule has 120 valence electrons. The molecule has 1 heterocycles. The molecule has 3 nitrogen and oxygen atoms in total. The number of amides is 1. The molecule has 0 unspecified atom stereocenters. The van der Waals surface area contributed by atoms with E-state index in [1.54, 1.807) is 0 Å². The number of aliphatic hydroxyl groups excluding tert-OH is 1. The molecular formula is C18H24ClNO2. The number of benzene rings is 1. The standard InChI is InChI=1S/C18H24ClNO2/c19-15-6-2-1-5-14(15)8-9-17(22)20-12-4-11-18(13-20)10-3-7-16(18)21/h1-2,5-6,16,21H,3-4,7-13H2/t16-,18+/m1/s1. The van der Waals surface area contributed by atoms with Crippen molar-refractivity contribution in [3.8, 4) is 0 Å². The van der Waals surface area contributed by atoms with Gasteiger partial charge in [-0.25, -0.2) is 0 Å². The molecule has 4 heteroatoms. The first-order chi connectivity index (χ1) is 10.6. The van der Waals surface area contributed by atoms with Gasteiger partial charge >= 0.3 is 0 Å². The second kappa shape index (κ2) is 6.59. The number of carbonyl (C=O) groups is 1. The molecule has 2 aliphatic rings. The molecular weight excluding hydrogens is 298 g/mol. The predicted octanol–water partition coefficient (Wildman–Crippen LogP) is 3.43. The minimum Gasteiger partial charge on any atom is -0.392 e. The smallest absolute Gasteiger partial charge is 0.222 e. The fraction of sp³-hybridized carbons (Fsp3) is 0.611. The molecule has 22 heavy (non-hydrogen) atoms. The summed E-state index contributed by atoms with van der Waals surface area (Å²) in [5.74, 6) is 0.193. The zero-order valence-electron chi connectivity index (χ0n) is 12.9. The molecule has 1 saturated carbocycles. The Morgan fingerprint density at radius 3 is 2.82 bits per heavy atom. The summed E-state index contributed by atoms with van der Waals surface area (Å²) in [6, 6.07) is 7.71. The highest BCUT2D eigenvalue weighted by molar-refractivity contribution is 6.31. The summed E-state index contributed by atoms with van der Waals surface area (Å²) < 4.78 is 0. The number of nitrogens with zero attached hydrogens (tertiary/aromatic N) is 1. The van der Waals surface area contributed by atoms with Crippen LogP contribution in [0.5, 0.6) is 0 Å². The van der Waals surface area contributed by atoms with Crippen molar-refractivity contribution in [3.63, 3.8) is 0 Å². The monoisotopic (exact) mass is 321 g/mol. The van der Waals surface area contributed by atoms with E-state index in [0.717, 1.165) is 55.8 Å². The van der Waals surface area contributed by atoms with E-state index in [1.807, 2.05) is 29.2 Å². The minimum atomic E-state index is -0.230. The van der Waals surface area contributed by atoms with Crippen LogP contribution in [0.25, 0.3) is 0 Å². The number of rotatable bonds is 3. The fourth-order valence-corrected chi connectivity index (χ4v) is 4.30. The van der Waals surface area contributed by atoms with Gasteiger partial charge in [0, 0.05) is 29.9 Å². The zero-order valence-corrected chi connectivity index (χ0v) is 13.7. The molecule has 1 aromatic rings. The lowest BCUT2D eigenvalue weighted by molar-refractivity contribution is -0.136. The summed E-state index contributed by atoms with van der Waals surface area (Å²) in [6.45, 7) is 1.56. The Kier molecular flexibility index (Phi) is 4.74. The highest BCUT2D eigenvalue weighted by Gasteiger charge is 2.45. The van der Waals surface area contributed by atoms with Gasteiger partial charge in [0.15, 0.2) is 0 Å². The van der Waals surface area contributed by atoms with Crippen molar-refractivity contribution < 1.29 is 9.90 Å². The Balaban J connectivity index is 1.59. The SMILES string of the molecule is O=C(CCc1ccccc1Cl)N1CCC[C@@]2(CCC[C@H]2O)C1. The third-order valence-electron chi connectivity index (χ3n) is 5.39. The van der Waals surface area contributed by atoms with Crippen molar-refractivity contribution in [2.75, 3.05) is 13.1 Å². The third-order valence-corrected chi connectivity index (χ3v) is 5.76. The van der Waals surface area contributed by atoms with Crippen LogP contribution >= 0.6 is 11.6 Å². The average Bonchev–Trinajstić information content (AvgIpc) is 2.86. The second-order valence-electron chi connectivity index (χ2n) is 6.78. The Hall–Kier alpha value is -1.06. The van der Waals surface area contributed by atoms with E-state index in [4.69, 9.17) is 11.6 Å². The molecule has 1 aliphatic carbocycles. The molecule has 1 amide bonds. The normalized spacial score (nSPS) is 28.3. The van der Waals surface area contributed by atoms with E-state index < -0.39 is 0 Å². The second-order valence-corrected chi connectivity index (χ2v) is 7.19. The average molecular weight is 322 g/mol. The van der Waals surface area contributed by atoms with Crippen LogP contribution in [0.15, 0.2) is 24.3 Å². The molecule has 3 rings (SSSR count). The van der Waals surface area contributed by atoms with Crippen molar-refractivity contribution in [1.29, 1.82) is 0 Å². The number of carbonyl (C=O) groups excluding carboxylic acids is 1. The molecule has 0 radical (unpaired) electrons. The maximum absolute atomic E-state index is 12.5. The molecule has 1 N–H and O–H groups in total. The Morgan fingerprint density at radius 1 is 1.32 bits per heavy atom. The number of likely N-dealkylation sites (tertiary alicyclic amines) is 1. The van der Waals surface area contributed by atoms with Gasteiger partial charge in [0.25, 0.3) is 0 Å². The van der Waals surface area contributed by atoms with Gasteiger partial charge in [-0.1, -0.05) is 36.2 Å². The Bertz CT molecular complexity index is 548. The number of hydrogen-bond donors (Lipinski definition) is 1. The molecule has 2 atom stereocenters. The largest absolute Gasteiger partial charge is 0.392 e. The van der Waals surface area contributed by atoms with Gasteiger partial charge in [-0.2, -0.15) is 0 Å². The molecule has 0 aromatic heterocycles. The maximum atomic E-state index is 12.5. The fourth-order valence-electron chi connectivity index (χ4n) is 4.07. The van der Waals surface area contributed by atoms with Crippen LogP contribution in [0.1, 0.15) is 44.1 Å². The van der Waals surface area contributed by atoms with Gasteiger partial charge in [-0.15, -0.1) is 0 Å². The van der Waals surface area contributed by atoms with Gasteiger partial charge in [0.05, 0.1) is 6.10 Å². The van der Waals surface area contributed by atoms with Gasteiger partial charge in [0.2, 0.25) is 5.91 Å². The number of piperidine rings is 1. The molecule has 1 saturated heterocycles. The minimum absolute atomic E-state index is 0.0295. The first kappa shape index (κ1) is 15.8. The van der Waals surface area contributed by atoms with E-state index in [9.17, 15) is 9.90 Å². The maximum Gasteiger partial charge on any atom is 0.222 e. The van der Waals surface area contributed by atoms with Crippen molar-refractivity contribution in [1.82, 2.24) is 4.90 Å². The summed E-state index contributed by atoms with van der Waals surface area (Å²) in [5, 5.41) is 11.0. The number of aryl methyl sites for hydroxylation is 1. The first-order valence-electron chi connectivity index (χ1n) is 8.30. The molecule has 1 aromatic carbocycles. The van der Waals surface area contributed by atoms with Gasteiger partial charge in [0.1, 0.15) is 0 Å². The molecule has 1 spiro atoms. The number of hydrogen-bond acceptors (Lipinski definition) is 2. The Labute approximate surface area is 137 Å². The Morgan fingerprint density at radius 2 is 2.09 bits per heavy atom. The van der Waals surface area contributed by atoms with Crippen molar-refractivity contribution in [2.24, 2.45) is 5.41 Å². The predicted molar refractivity (Wildman–Crippen MR) is 87.9 cm³/mol. The molecule has 0 bridgehead atoms. The molecule has 1 aliphatic heterocycles. The third kappa shape index (κ3) is 3.16. The first-order valence-corrected chi connectivity index (χ1v) is 8.68. The van der Waals surface area contributed by atoms with Crippen molar-refractivity contribution >= 4 is 17.5 Å². The van der Waals surface area contributed by atoms with E-state index >= 15 is 0 Å². The molecule has 2 fully saturated rings. The van der Waals surface area contributed by atoms with Gasteiger partial charge < -0.3 is 10.0 Å². The highest BCUT2D eigenvalue weighted by Crippen LogP contribution is 2.45. The highest BCUT2D eigenvalue weighted by atomic mass is 35.5. The summed E-state index contributed by atoms with van der Waals surface area (Å²) in [7, 11) is 0. The number of halogens is 1. The zero-order chi connectivity index (χ0) is 15.6. The van der Waals surface area contributed by atoms with Crippen molar-refractivity contribution in [2.45, 2.75) is 51.0 Å². The van der Waals surface area contributed by atoms with Crippen molar-refractivity contribution in [3.05, 3.63) is 34.9 Å². The van der Waals surface area contributed by atoms with Gasteiger partial charge in [-0.3, -0.25) is 4.79 Å². The van der Waals surface area contributed by atoms with E-state index in [1.165, 1.54) is 0 Å². The summed E-state index contributed by atoms with van der Waals surface area (Å²) in [6.07, 6.45) is 6.05. The quantitative estimate of drug-likeness (QED) is 0.926. The van der Waals surface area contributed by atoms with Crippen LogP contribution in [-0.2, 0) is 11.2 Å². The van der Waals surface area contributed by atoms with Gasteiger partial charge in [-0.05, 0) is 43.7 Å². The topological polar surface area (TPSA) is 40.5 Å². The lowest BCUT2D eigenvalue weighted by atomic mass is 9.76. The van der Waals surface area contributed by atoms with E-state index in [2.05, 4.69) is 0 Å². The van der Waals surface area contributed by atoms with Crippen LogP contribution in [0.2, 0.25) is 5.02 Å². The summed E-state index contributed by atoms with van der Waals surface area (Å²) >= 11 is 6.15. The summed E-state index contributed by atoms with van der Waals surface area (Å²) in [5.41, 5.74) is 1.00. The van der Waals surface area contributed by atoms with Crippen LogP contribution < -0.4 is 0 Å². The number of aliphatic hydroxyl groups is 1. The van der Waals surface area contributed by atoms with Crippen LogP contribution in [-0.4, -0.2) is 35.1 Å². The van der Waals surface area contributed by atoms with E-state index in [0.29, 0.717) is 12.8 Å². The van der Waals surface area contributed by atoms with Crippen LogP contribution in [0, 0.1) is 5.41 Å². The van der Waals surface area contributed by atoms with Crippen LogP contribution in [0.3, 0.4) is 0 Å². The van der Waals surface area contributed by atoms with E-state index in [-0.39, 0.29) is 17.4 Å². The lowest BCUT2D eigenvalue weighted by Crippen LogP contribution is -2.49. The lowest BCUT2D eigenvalue weighted by Gasteiger charge is -2.42.